The Morgan fingerprint density at radius 2 is 1.80 bits per heavy atom. The first-order valence-electron chi connectivity index (χ1n) is 4.33. The lowest BCUT2D eigenvalue weighted by atomic mass is 10.1. The van der Waals surface area contributed by atoms with E-state index in [1.54, 1.807) is 30.3 Å². The van der Waals surface area contributed by atoms with Crippen LogP contribution in [0.3, 0.4) is 0 Å². The maximum absolute atomic E-state index is 13.6. The fourth-order valence-corrected chi connectivity index (χ4v) is 1.49. The molecule has 0 unspecified atom stereocenters. The largest absolute Gasteiger partial charge is 0.618 e. The molecule has 1 heterocycles. The van der Waals surface area contributed by atoms with Crippen LogP contribution in [-0.4, -0.2) is 0 Å². The zero-order valence-electron chi connectivity index (χ0n) is 7.65. The molecule has 0 radical (unpaired) electrons. The Morgan fingerprint density at radius 3 is 2.47 bits per heavy atom. The average Bonchev–Trinajstić information content (AvgIpc) is 2.26. The molecule has 2 aromatic rings. The second-order valence-corrected chi connectivity index (χ2v) is 3.43. The van der Waals surface area contributed by atoms with Crippen LogP contribution in [0, 0.1) is 11.0 Å². The Labute approximate surface area is 91.1 Å². The van der Waals surface area contributed by atoms with Crippen LogP contribution in [0.1, 0.15) is 0 Å². The molecule has 0 bridgehead atoms. The van der Waals surface area contributed by atoms with Crippen LogP contribution in [0.4, 0.5) is 4.39 Å². The maximum atomic E-state index is 13.6. The third kappa shape index (κ3) is 1.78. The van der Waals surface area contributed by atoms with E-state index in [4.69, 9.17) is 11.6 Å². The van der Waals surface area contributed by atoms with E-state index in [1.807, 2.05) is 0 Å². The number of benzene rings is 1. The topological polar surface area (TPSA) is 26.9 Å². The zero-order valence-corrected chi connectivity index (χ0v) is 8.41. The third-order valence-electron chi connectivity index (χ3n) is 2.04. The van der Waals surface area contributed by atoms with Gasteiger partial charge in [0.25, 0.3) is 5.69 Å². The fraction of sp³-hybridized carbons (Fsp3) is 0. The first-order chi connectivity index (χ1) is 7.20. The molecule has 0 atom stereocenters. The molecule has 0 saturated carbocycles. The molecule has 2 nitrogen and oxygen atoms in total. The molecule has 0 amide bonds. The Balaban J connectivity index is 2.68. The standard InChI is InChI=1S/C11H7ClFNO/c12-9-6-7-14(15)11(10(9)13)8-4-2-1-3-5-8/h1-7H. The summed E-state index contributed by atoms with van der Waals surface area (Å²) in [5.41, 5.74) is 0.454. The SMILES string of the molecule is [O-][n+]1ccc(Cl)c(F)c1-c1ccccc1. The molecule has 1 aromatic heterocycles. The molecule has 0 saturated heterocycles. The lowest BCUT2D eigenvalue weighted by Gasteiger charge is -2.05. The van der Waals surface area contributed by atoms with E-state index >= 15 is 0 Å². The Kier molecular flexibility index (Phi) is 2.56. The van der Waals surface area contributed by atoms with Gasteiger partial charge in [-0.15, -0.1) is 0 Å². The van der Waals surface area contributed by atoms with Crippen LogP contribution in [0.2, 0.25) is 5.02 Å². The molecular formula is C11H7ClFNO. The van der Waals surface area contributed by atoms with Gasteiger partial charge in [0.15, 0.2) is 6.20 Å². The molecule has 76 valence electrons. The molecule has 15 heavy (non-hydrogen) atoms. The van der Waals surface area contributed by atoms with E-state index in [0.29, 0.717) is 10.3 Å². The molecule has 4 heteroatoms. The van der Waals surface area contributed by atoms with Gasteiger partial charge in [-0.2, -0.15) is 9.12 Å². The number of hydrogen-bond donors (Lipinski definition) is 0. The molecule has 1 aromatic carbocycles. The normalized spacial score (nSPS) is 10.3. The van der Waals surface area contributed by atoms with Gasteiger partial charge in [-0.1, -0.05) is 29.8 Å². The van der Waals surface area contributed by atoms with Crippen LogP contribution >= 0.6 is 11.6 Å². The highest BCUT2D eigenvalue weighted by molar-refractivity contribution is 6.30. The molecule has 2 rings (SSSR count). The monoisotopic (exact) mass is 223 g/mol. The van der Waals surface area contributed by atoms with Gasteiger partial charge in [-0.05, 0) is 12.1 Å². The van der Waals surface area contributed by atoms with E-state index in [1.165, 1.54) is 12.3 Å². The van der Waals surface area contributed by atoms with Crippen LogP contribution in [-0.2, 0) is 0 Å². The quantitative estimate of drug-likeness (QED) is 0.540. The number of rotatable bonds is 1. The summed E-state index contributed by atoms with van der Waals surface area (Å²) in [5, 5.41) is 11.4. The minimum absolute atomic E-state index is 0.0527. The van der Waals surface area contributed by atoms with Gasteiger partial charge in [0.05, 0.1) is 10.6 Å². The summed E-state index contributed by atoms with van der Waals surface area (Å²) in [7, 11) is 0. The van der Waals surface area contributed by atoms with E-state index in [9.17, 15) is 9.60 Å². The van der Waals surface area contributed by atoms with Crippen LogP contribution < -0.4 is 4.73 Å². The van der Waals surface area contributed by atoms with Gasteiger partial charge in [-0.25, -0.2) is 0 Å². The fourth-order valence-electron chi connectivity index (χ4n) is 1.34. The number of pyridine rings is 1. The summed E-state index contributed by atoms with van der Waals surface area (Å²) in [6.07, 6.45) is 1.19. The van der Waals surface area contributed by atoms with Crippen molar-refractivity contribution in [2.45, 2.75) is 0 Å². The van der Waals surface area contributed by atoms with E-state index < -0.39 is 5.82 Å². The van der Waals surface area contributed by atoms with Gasteiger partial charge in [0, 0.05) is 6.07 Å². The van der Waals surface area contributed by atoms with Gasteiger partial charge < -0.3 is 5.21 Å². The van der Waals surface area contributed by atoms with Crippen molar-refractivity contribution in [1.82, 2.24) is 0 Å². The molecule has 0 aliphatic carbocycles. The molecule has 0 aliphatic rings. The summed E-state index contributed by atoms with van der Waals surface area (Å²) >= 11 is 5.61. The highest BCUT2D eigenvalue weighted by Gasteiger charge is 2.18. The molecule has 0 N–H and O–H groups in total. The average molecular weight is 224 g/mol. The van der Waals surface area contributed by atoms with E-state index in [2.05, 4.69) is 0 Å². The van der Waals surface area contributed by atoms with Gasteiger partial charge in [0.1, 0.15) is 0 Å². The Morgan fingerprint density at radius 1 is 1.13 bits per heavy atom. The molecule has 0 spiro atoms. The zero-order chi connectivity index (χ0) is 10.8. The predicted molar refractivity (Wildman–Crippen MR) is 55.8 cm³/mol. The lowest BCUT2D eigenvalue weighted by molar-refractivity contribution is -0.595. The number of nitrogens with zero attached hydrogens (tertiary/aromatic N) is 1. The number of aromatic nitrogens is 1. The molecule has 0 fully saturated rings. The second kappa shape index (κ2) is 3.87. The van der Waals surface area contributed by atoms with Crippen LogP contribution in [0.5, 0.6) is 0 Å². The van der Waals surface area contributed by atoms with Crippen molar-refractivity contribution in [3.8, 4) is 11.3 Å². The van der Waals surface area contributed by atoms with Crippen LogP contribution in [0.15, 0.2) is 42.6 Å². The summed E-state index contributed by atoms with van der Waals surface area (Å²) < 4.78 is 14.1. The van der Waals surface area contributed by atoms with Crippen molar-refractivity contribution >= 4 is 11.6 Å². The van der Waals surface area contributed by atoms with Crippen molar-refractivity contribution in [1.29, 1.82) is 0 Å². The first kappa shape index (κ1) is 9.93. The summed E-state index contributed by atoms with van der Waals surface area (Å²) in [6.45, 7) is 0. The first-order valence-corrected chi connectivity index (χ1v) is 4.70. The predicted octanol–water partition coefficient (Wildman–Crippen LogP) is 2.78. The maximum Gasteiger partial charge on any atom is 0.261 e. The van der Waals surface area contributed by atoms with Crippen molar-refractivity contribution in [2.75, 3.05) is 0 Å². The van der Waals surface area contributed by atoms with Crippen LogP contribution in [0.25, 0.3) is 11.3 Å². The second-order valence-electron chi connectivity index (χ2n) is 3.02. The molecule has 0 aliphatic heterocycles. The smallest absolute Gasteiger partial charge is 0.261 e. The minimum atomic E-state index is -0.694. The third-order valence-corrected chi connectivity index (χ3v) is 2.33. The van der Waals surface area contributed by atoms with Gasteiger partial charge in [0.2, 0.25) is 5.82 Å². The summed E-state index contributed by atoms with van der Waals surface area (Å²) in [6, 6.07) is 9.80. The molecular weight excluding hydrogens is 217 g/mol. The summed E-state index contributed by atoms with van der Waals surface area (Å²) in [4.78, 5) is 0. The highest BCUT2D eigenvalue weighted by Crippen LogP contribution is 2.23. The van der Waals surface area contributed by atoms with Crippen molar-refractivity contribution in [2.24, 2.45) is 0 Å². The highest BCUT2D eigenvalue weighted by atomic mass is 35.5. The lowest BCUT2D eigenvalue weighted by Crippen LogP contribution is -2.29. The van der Waals surface area contributed by atoms with Gasteiger partial charge >= 0.3 is 0 Å². The summed E-state index contributed by atoms with van der Waals surface area (Å²) in [5.74, 6) is -0.694. The Hall–Kier alpha value is -1.61. The minimum Gasteiger partial charge on any atom is -0.618 e. The van der Waals surface area contributed by atoms with E-state index in [0.717, 1.165) is 0 Å². The van der Waals surface area contributed by atoms with Gasteiger partial charge in [-0.3, -0.25) is 0 Å². The van der Waals surface area contributed by atoms with E-state index in [-0.39, 0.29) is 10.7 Å². The Bertz CT molecular complexity index is 487. The number of halogens is 2. The van der Waals surface area contributed by atoms with Crippen molar-refractivity contribution < 1.29 is 9.12 Å². The van der Waals surface area contributed by atoms with Crippen molar-refractivity contribution in [3.05, 3.63) is 58.6 Å². The van der Waals surface area contributed by atoms with Crippen molar-refractivity contribution in [3.63, 3.8) is 0 Å². The number of hydrogen-bond acceptors (Lipinski definition) is 1.